The standard InChI is InChI=1S/C21H25N3O2S2/c1-5-12(2)15-8-6-7-9-16(15)22-18(25)11-27-10-17-23-20(26)19-13(3)14(4)28-21(19)24-17/h6-9,12H,5,10-11H2,1-4H3,(H,22,25)(H,23,24,26)/t12-/m0/s1. The molecule has 28 heavy (non-hydrogen) atoms. The zero-order valence-corrected chi connectivity index (χ0v) is 18.2. The number of aromatic amines is 1. The number of carbonyl (C=O) groups excluding carboxylic acids is 1. The minimum Gasteiger partial charge on any atom is -0.325 e. The first kappa shape index (κ1) is 20.6. The van der Waals surface area contributed by atoms with Gasteiger partial charge in [-0.05, 0) is 43.4 Å². The van der Waals surface area contributed by atoms with Gasteiger partial charge in [0.1, 0.15) is 10.7 Å². The molecular formula is C21H25N3O2S2. The number of aryl methyl sites for hydroxylation is 2. The van der Waals surface area contributed by atoms with Crippen LogP contribution in [0.3, 0.4) is 0 Å². The normalized spacial score (nSPS) is 12.3. The van der Waals surface area contributed by atoms with Crippen LogP contribution in [0.15, 0.2) is 29.1 Å². The van der Waals surface area contributed by atoms with E-state index in [0.29, 0.717) is 28.6 Å². The second-order valence-corrected chi connectivity index (χ2v) is 9.10. The van der Waals surface area contributed by atoms with Crippen molar-refractivity contribution in [2.24, 2.45) is 0 Å². The number of amides is 1. The Kier molecular flexibility index (Phi) is 6.57. The number of hydrogen-bond acceptors (Lipinski definition) is 5. The third-order valence-electron chi connectivity index (χ3n) is 4.94. The number of nitrogens with one attached hydrogen (secondary N) is 2. The number of nitrogens with zero attached hydrogens (tertiary/aromatic N) is 1. The van der Waals surface area contributed by atoms with Crippen LogP contribution < -0.4 is 10.9 Å². The van der Waals surface area contributed by atoms with E-state index in [0.717, 1.165) is 32.9 Å². The lowest BCUT2D eigenvalue weighted by atomic mass is 9.97. The van der Waals surface area contributed by atoms with Crippen LogP contribution in [0.4, 0.5) is 5.69 Å². The SMILES string of the molecule is CC[C@H](C)c1ccccc1NC(=O)CSCc1nc2sc(C)c(C)c2c(=O)[nH]1. The van der Waals surface area contributed by atoms with Gasteiger partial charge in [-0.25, -0.2) is 4.98 Å². The maximum atomic E-state index is 12.4. The maximum absolute atomic E-state index is 12.4. The molecule has 3 rings (SSSR count). The third-order valence-corrected chi connectivity index (χ3v) is 6.98. The van der Waals surface area contributed by atoms with E-state index in [1.54, 1.807) is 0 Å². The molecule has 148 valence electrons. The van der Waals surface area contributed by atoms with Crippen LogP contribution in [-0.2, 0) is 10.5 Å². The molecule has 1 atom stereocenters. The predicted octanol–water partition coefficient (Wildman–Crippen LogP) is 4.99. The third kappa shape index (κ3) is 4.47. The number of carbonyl (C=O) groups is 1. The number of rotatable bonds is 7. The molecule has 0 aliphatic rings. The van der Waals surface area contributed by atoms with E-state index in [-0.39, 0.29) is 11.5 Å². The van der Waals surface area contributed by atoms with Gasteiger partial charge < -0.3 is 10.3 Å². The Labute approximate surface area is 173 Å². The summed E-state index contributed by atoms with van der Waals surface area (Å²) in [5.41, 5.74) is 2.92. The number of para-hydroxylation sites is 1. The summed E-state index contributed by atoms with van der Waals surface area (Å²) in [6.45, 7) is 8.24. The summed E-state index contributed by atoms with van der Waals surface area (Å²) < 4.78 is 0. The average Bonchev–Trinajstić information content (AvgIpc) is 2.95. The number of benzene rings is 1. The van der Waals surface area contributed by atoms with Gasteiger partial charge in [-0.1, -0.05) is 32.0 Å². The molecule has 0 aliphatic heterocycles. The molecule has 3 aromatic rings. The van der Waals surface area contributed by atoms with Crippen molar-refractivity contribution >= 4 is 44.9 Å². The molecule has 7 heteroatoms. The van der Waals surface area contributed by atoms with E-state index in [1.165, 1.54) is 23.1 Å². The van der Waals surface area contributed by atoms with Crippen LogP contribution in [0.25, 0.3) is 10.2 Å². The van der Waals surface area contributed by atoms with E-state index in [9.17, 15) is 9.59 Å². The molecule has 0 bridgehead atoms. The molecule has 0 saturated heterocycles. The fourth-order valence-corrected chi connectivity index (χ4v) is 4.79. The Bertz CT molecular complexity index is 1060. The van der Waals surface area contributed by atoms with E-state index in [2.05, 4.69) is 35.2 Å². The van der Waals surface area contributed by atoms with Crippen LogP contribution >= 0.6 is 23.1 Å². The van der Waals surface area contributed by atoms with Crippen molar-refractivity contribution in [3.63, 3.8) is 0 Å². The molecule has 0 saturated carbocycles. The van der Waals surface area contributed by atoms with Crippen molar-refractivity contribution in [2.75, 3.05) is 11.1 Å². The van der Waals surface area contributed by atoms with Gasteiger partial charge >= 0.3 is 0 Å². The highest BCUT2D eigenvalue weighted by Gasteiger charge is 2.13. The zero-order chi connectivity index (χ0) is 20.3. The topological polar surface area (TPSA) is 74.8 Å². The van der Waals surface area contributed by atoms with Gasteiger partial charge in [-0.2, -0.15) is 0 Å². The number of thiophene rings is 1. The van der Waals surface area contributed by atoms with Crippen LogP contribution in [0.1, 0.15) is 48.0 Å². The molecular weight excluding hydrogens is 390 g/mol. The second kappa shape index (κ2) is 8.92. The van der Waals surface area contributed by atoms with Crippen molar-refractivity contribution < 1.29 is 4.79 Å². The van der Waals surface area contributed by atoms with Gasteiger partial charge in [-0.3, -0.25) is 9.59 Å². The van der Waals surface area contributed by atoms with Crippen LogP contribution in [0.5, 0.6) is 0 Å². The van der Waals surface area contributed by atoms with Crippen LogP contribution in [0, 0.1) is 13.8 Å². The maximum Gasteiger partial charge on any atom is 0.259 e. The Morgan fingerprint density at radius 1 is 1.32 bits per heavy atom. The van der Waals surface area contributed by atoms with Gasteiger partial charge in [0.2, 0.25) is 5.91 Å². The molecule has 2 aromatic heterocycles. The van der Waals surface area contributed by atoms with Crippen molar-refractivity contribution in [1.29, 1.82) is 0 Å². The average molecular weight is 416 g/mol. The first-order valence-corrected chi connectivity index (χ1v) is 11.3. The first-order chi connectivity index (χ1) is 13.4. The molecule has 0 unspecified atom stereocenters. The number of H-pyrrole nitrogens is 1. The Morgan fingerprint density at radius 2 is 2.07 bits per heavy atom. The van der Waals surface area contributed by atoms with E-state index in [1.807, 2.05) is 32.0 Å². The van der Waals surface area contributed by atoms with Gasteiger partial charge in [0, 0.05) is 10.6 Å². The summed E-state index contributed by atoms with van der Waals surface area (Å²) in [5, 5.41) is 3.69. The Morgan fingerprint density at radius 3 is 2.82 bits per heavy atom. The lowest BCUT2D eigenvalue weighted by Crippen LogP contribution is -2.16. The van der Waals surface area contributed by atoms with Crippen molar-refractivity contribution in [3.8, 4) is 0 Å². The second-order valence-electron chi connectivity index (χ2n) is 6.91. The number of fused-ring (bicyclic) bond motifs is 1. The summed E-state index contributed by atoms with van der Waals surface area (Å²) >= 11 is 2.98. The number of anilines is 1. The molecule has 1 amide bonds. The highest BCUT2D eigenvalue weighted by molar-refractivity contribution is 7.99. The molecule has 0 aliphatic carbocycles. The predicted molar refractivity (Wildman–Crippen MR) is 120 cm³/mol. The Hall–Kier alpha value is -2.12. The molecule has 2 N–H and O–H groups in total. The molecule has 1 aromatic carbocycles. The van der Waals surface area contributed by atoms with E-state index in [4.69, 9.17) is 0 Å². The van der Waals surface area contributed by atoms with E-state index < -0.39 is 0 Å². The van der Waals surface area contributed by atoms with Crippen LogP contribution in [-0.4, -0.2) is 21.6 Å². The van der Waals surface area contributed by atoms with E-state index >= 15 is 0 Å². The number of aromatic nitrogens is 2. The zero-order valence-electron chi connectivity index (χ0n) is 16.6. The largest absolute Gasteiger partial charge is 0.325 e. The summed E-state index contributed by atoms with van der Waals surface area (Å²) in [6.07, 6.45) is 1.02. The first-order valence-electron chi connectivity index (χ1n) is 9.36. The van der Waals surface area contributed by atoms with Gasteiger partial charge in [0.15, 0.2) is 0 Å². The summed E-state index contributed by atoms with van der Waals surface area (Å²) in [4.78, 5) is 34.0. The summed E-state index contributed by atoms with van der Waals surface area (Å²) in [7, 11) is 0. The fourth-order valence-electron chi connectivity index (χ4n) is 3.05. The van der Waals surface area contributed by atoms with Gasteiger partial charge in [-0.15, -0.1) is 23.1 Å². The smallest absolute Gasteiger partial charge is 0.259 e. The highest BCUT2D eigenvalue weighted by Crippen LogP contribution is 2.27. The lowest BCUT2D eigenvalue weighted by molar-refractivity contribution is -0.113. The molecule has 5 nitrogen and oxygen atoms in total. The Balaban J connectivity index is 1.62. The minimum atomic E-state index is -0.102. The van der Waals surface area contributed by atoms with Gasteiger partial charge in [0.05, 0.1) is 16.9 Å². The summed E-state index contributed by atoms with van der Waals surface area (Å²) in [5.74, 6) is 1.74. The molecule has 0 radical (unpaired) electrons. The lowest BCUT2D eigenvalue weighted by Gasteiger charge is -2.15. The molecule has 2 heterocycles. The monoisotopic (exact) mass is 415 g/mol. The molecule has 0 spiro atoms. The minimum absolute atomic E-state index is 0.0491. The quantitative estimate of drug-likeness (QED) is 0.570. The number of thioether (sulfide) groups is 1. The van der Waals surface area contributed by atoms with Crippen molar-refractivity contribution in [3.05, 3.63) is 56.4 Å². The number of hydrogen-bond donors (Lipinski definition) is 2. The van der Waals surface area contributed by atoms with Crippen molar-refractivity contribution in [1.82, 2.24) is 9.97 Å². The van der Waals surface area contributed by atoms with Crippen LogP contribution in [0.2, 0.25) is 0 Å². The summed E-state index contributed by atoms with van der Waals surface area (Å²) in [6, 6.07) is 7.94. The van der Waals surface area contributed by atoms with Gasteiger partial charge in [0.25, 0.3) is 5.56 Å². The van der Waals surface area contributed by atoms with Crippen molar-refractivity contribution in [2.45, 2.75) is 45.8 Å². The highest BCUT2D eigenvalue weighted by atomic mass is 32.2. The fraction of sp³-hybridized carbons (Fsp3) is 0.381. The molecule has 0 fully saturated rings.